The van der Waals surface area contributed by atoms with E-state index in [1.807, 2.05) is 22.4 Å². The molecule has 1 saturated heterocycles. The summed E-state index contributed by atoms with van der Waals surface area (Å²) >= 11 is 1.54. The van der Waals surface area contributed by atoms with Crippen LogP contribution in [0.15, 0.2) is 53.4 Å². The zero-order valence-corrected chi connectivity index (χ0v) is 19.6. The van der Waals surface area contributed by atoms with Crippen LogP contribution in [0.1, 0.15) is 46.4 Å². The summed E-state index contributed by atoms with van der Waals surface area (Å²) < 4.78 is 11.3. The van der Waals surface area contributed by atoms with E-state index in [4.69, 9.17) is 9.47 Å². The van der Waals surface area contributed by atoms with Gasteiger partial charge in [0.05, 0.1) is 18.3 Å². The second-order valence-electron chi connectivity index (χ2n) is 8.39. The Morgan fingerprint density at radius 3 is 2.59 bits per heavy atom. The Bertz CT molecular complexity index is 1010. The van der Waals surface area contributed by atoms with Crippen LogP contribution in [0, 0.1) is 12.8 Å². The summed E-state index contributed by atoms with van der Waals surface area (Å²) in [4.78, 5) is 19.3. The van der Waals surface area contributed by atoms with Gasteiger partial charge in [0, 0.05) is 24.0 Å². The van der Waals surface area contributed by atoms with Crippen LogP contribution in [0.3, 0.4) is 0 Å². The minimum Gasteiger partial charge on any atom is -0.493 e. The number of hydrogen-bond acceptors (Lipinski definition) is 5. The quantitative estimate of drug-likeness (QED) is 0.453. The summed E-state index contributed by atoms with van der Waals surface area (Å²) in [6.45, 7) is 4.11. The third-order valence-corrected chi connectivity index (χ3v) is 6.77. The number of hydrogen-bond donors (Lipinski definition) is 0. The van der Waals surface area contributed by atoms with E-state index in [-0.39, 0.29) is 5.91 Å². The third kappa shape index (κ3) is 5.68. The van der Waals surface area contributed by atoms with E-state index in [9.17, 15) is 4.79 Å². The lowest BCUT2D eigenvalue weighted by Crippen LogP contribution is -2.38. The highest BCUT2D eigenvalue weighted by Gasteiger charge is 2.24. The highest BCUT2D eigenvalue weighted by Crippen LogP contribution is 2.30. The molecule has 0 atom stereocenters. The first-order valence-corrected chi connectivity index (χ1v) is 12.1. The molecule has 32 heavy (non-hydrogen) atoms. The number of likely N-dealkylation sites (tertiary alicyclic amines) is 1. The molecule has 6 heteroatoms. The molecule has 4 rings (SSSR count). The summed E-state index contributed by atoms with van der Waals surface area (Å²) in [5, 5.41) is 1.95. The molecule has 2 heterocycles. The summed E-state index contributed by atoms with van der Waals surface area (Å²) in [5.74, 6) is 1.92. The Morgan fingerprint density at radius 1 is 1.12 bits per heavy atom. The Hall–Kier alpha value is -2.86. The SMILES string of the molecule is COc1cc(C(=O)N2CCC(CCc3ccc(C)cc3)CC2)ccc1OCc1cscn1. The maximum Gasteiger partial charge on any atom is 0.253 e. The number of ether oxygens (including phenoxy) is 2. The number of nitrogens with zero attached hydrogens (tertiary/aromatic N) is 2. The van der Waals surface area contributed by atoms with Crippen molar-refractivity contribution in [3.63, 3.8) is 0 Å². The van der Waals surface area contributed by atoms with Gasteiger partial charge in [-0.25, -0.2) is 4.98 Å². The minimum absolute atomic E-state index is 0.0614. The van der Waals surface area contributed by atoms with Gasteiger partial charge in [-0.05, 0) is 62.3 Å². The lowest BCUT2D eigenvalue weighted by Gasteiger charge is -2.32. The number of carbonyl (C=O) groups excluding carboxylic acids is 1. The molecule has 0 aliphatic carbocycles. The predicted octanol–water partition coefficient (Wildman–Crippen LogP) is 5.52. The summed E-state index contributed by atoms with van der Waals surface area (Å²) in [5.41, 5.74) is 6.00. The van der Waals surface area contributed by atoms with Crippen molar-refractivity contribution in [3.05, 3.63) is 75.7 Å². The number of amides is 1. The van der Waals surface area contributed by atoms with Crippen molar-refractivity contribution in [2.45, 2.75) is 39.2 Å². The minimum atomic E-state index is 0.0614. The van der Waals surface area contributed by atoms with Gasteiger partial charge >= 0.3 is 0 Å². The van der Waals surface area contributed by atoms with Gasteiger partial charge in [0.15, 0.2) is 11.5 Å². The maximum absolute atomic E-state index is 13.1. The molecule has 0 saturated carbocycles. The predicted molar refractivity (Wildman–Crippen MR) is 128 cm³/mol. The van der Waals surface area contributed by atoms with Crippen LogP contribution in [0.5, 0.6) is 11.5 Å². The van der Waals surface area contributed by atoms with Gasteiger partial charge in [0.25, 0.3) is 5.91 Å². The topological polar surface area (TPSA) is 51.7 Å². The van der Waals surface area contributed by atoms with Crippen LogP contribution in [0.4, 0.5) is 0 Å². The zero-order valence-electron chi connectivity index (χ0n) is 18.8. The molecule has 1 aliphatic rings. The Kier molecular flexibility index (Phi) is 7.43. The largest absolute Gasteiger partial charge is 0.493 e. The molecule has 1 amide bonds. The number of carbonyl (C=O) groups is 1. The molecule has 0 unspecified atom stereocenters. The number of rotatable bonds is 8. The molecule has 1 fully saturated rings. The van der Waals surface area contributed by atoms with E-state index >= 15 is 0 Å². The average molecular weight is 451 g/mol. The van der Waals surface area contributed by atoms with Gasteiger partial charge in [-0.1, -0.05) is 29.8 Å². The molecule has 0 N–H and O–H groups in total. The molecule has 1 aliphatic heterocycles. The first-order chi connectivity index (χ1) is 15.6. The number of benzene rings is 2. The van der Waals surface area contributed by atoms with Gasteiger partial charge < -0.3 is 14.4 Å². The van der Waals surface area contributed by atoms with Crippen LogP contribution in [0.2, 0.25) is 0 Å². The fourth-order valence-corrected chi connectivity index (χ4v) is 4.66. The van der Waals surface area contributed by atoms with Crippen molar-refractivity contribution >= 4 is 17.2 Å². The second-order valence-corrected chi connectivity index (χ2v) is 9.11. The summed E-state index contributed by atoms with van der Waals surface area (Å²) in [6.07, 6.45) is 4.41. The van der Waals surface area contributed by atoms with E-state index in [1.165, 1.54) is 28.9 Å². The lowest BCUT2D eigenvalue weighted by atomic mass is 9.90. The molecule has 1 aromatic heterocycles. The molecular weight excluding hydrogens is 420 g/mol. The van der Waals surface area contributed by atoms with Crippen molar-refractivity contribution in [2.24, 2.45) is 5.92 Å². The molecule has 168 valence electrons. The Morgan fingerprint density at radius 2 is 1.91 bits per heavy atom. The van der Waals surface area contributed by atoms with E-state index < -0.39 is 0 Å². The standard InChI is InChI=1S/C26H30N2O3S/c1-19-3-5-20(6-4-19)7-8-21-11-13-28(14-12-21)26(29)22-9-10-24(25(15-22)30-2)31-16-23-17-32-18-27-23/h3-6,9-10,15,17-18,21H,7-8,11-14,16H2,1-2H3. The van der Waals surface area contributed by atoms with Gasteiger partial charge in [-0.2, -0.15) is 0 Å². The average Bonchev–Trinajstić information content (AvgIpc) is 3.36. The van der Waals surface area contributed by atoms with E-state index in [1.54, 1.807) is 18.7 Å². The molecular formula is C26H30N2O3S. The third-order valence-electron chi connectivity index (χ3n) is 6.13. The van der Waals surface area contributed by atoms with E-state index in [0.29, 0.717) is 29.6 Å². The fraction of sp³-hybridized carbons (Fsp3) is 0.385. The van der Waals surface area contributed by atoms with Crippen LogP contribution >= 0.6 is 11.3 Å². The van der Waals surface area contributed by atoms with E-state index in [2.05, 4.69) is 36.2 Å². The number of aryl methyl sites for hydroxylation is 2. The van der Waals surface area contributed by atoms with Gasteiger partial charge in [0.1, 0.15) is 6.61 Å². The highest BCUT2D eigenvalue weighted by molar-refractivity contribution is 7.07. The lowest BCUT2D eigenvalue weighted by molar-refractivity contribution is 0.0686. The van der Waals surface area contributed by atoms with Crippen LogP contribution in [0.25, 0.3) is 0 Å². The monoisotopic (exact) mass is 450 g/mol. The van der Waals surface area contributed by atoms with Crippen molar-refractivity contribution in [1.29, 1.82) is 0 Å². The highest BCUT2D eigenvalue weighted by atomic mass is 32.1. The van der Waals surface area contributed by atoms with Gasteiger partial charge in [0.2, 0.25) is 0 Å². The van der Waals surface area contributed by atoms with Crippen LogP contribution in [-0.2, 0) is 13.0 Å². The Labute approximate surface area is 194 Å². The van der Waals surface area contributed by atoms with Crippen molar-refractivity contribution in [1.82, 2.24) is 9.88 Å². The maximum atomic E-state index is 13.1. The number of aromatic nitrogens is 1. The van der Waals surface area contributed by atoms with Crippen LogP contribution < -0.4 is 9.47 Å². The van der Waals surface area contributed by atoms with E-state index in [0.717, 1.165) is 38.0 Å². The van der Waals surface area contributed by atoms with Crippen molar-refractivity contribution < 1.29 is 14.3 Å². The normalized spacial score (nSPS) is 14.4. The van der Waals surface area contributed by atoms with Crippen molar-refractivity contribution in [3.8, 4) is 11.5 Å². The fourth-order valence-electron chi connectivity index (χ4n) is 4.11. The van der Waals surface area contributed by atoms with Gasteiger partial charge in [-0.3, -0.25) is 4.79 Å². The number of piperidine rings is 1. The smallest absolute Gasteiger partial charge is 0.253 e. The molecule has 0 radical (unpaired) electrons. The molecule has 5 nitrogen and oxygen atoms in total. The molecule has 0 spiro atoms. The molecule has 2 aromatic carbocycles. The number of methoxy groups -OCH3 is 1. The molecule has 3 aromatic rings. The number of thiazole rings is 1. The Balaban J connectivity index is 1.29. The zero-order chi connectivity index (χ0) is 22.3. The van der Waals surface area contributed by atoms with Crippen molar-refractivity contribution in [2.75, 3.05) is 20.2 Å². The first-order valence-electron chi connectivity index (χ1n) is 11.1. The van der Waals surface area contributed by atoms with Gasteiger partial charge in [-0.15, -0.1) is 11.3 Å². The first kappa shape index (κ1) is 22.3. The molecule has 0 bridgehead atoms. The second kappa shape index (κ2) is 10.6. The summed E-state index contributed by atoms with van der Waals surface area (Å²) in [6, 6.07) is 14.2. The van der Waals surface area contributed by atoms with Crippen LogP contribution in [-0.4, -0.2) is 36.0 Å². The summed E-state index contributed by atoms with van der Waals surface area (Å²) in [7, 11) is 1.60.